The number of aryl methyl sites for hydroxylation is 2. The molecule has 136 valence electrons. The molecule has 0 radical (unpaired) electrons. The molecule has 0 unspecified atom stereocenters. The first kappa shape index (κ1) is 18.4. The number of hydrogen-bond acceptors (Lipinski definition) is 3. The molecule has 0 atom stereocenters. The maximum absolute atomic E-state index is 12.6. The highest BCUT2D eigenvalue weighted by Crippen LogP contribution is 2.27. The van der Waals surface area contributed by atoms with Crippen LogP contribution in [-0.2, 0) is 4.74 Å². The second-order valence-electron chi connectivity index (χ2n) is 6.38. The van der Waals surface area contributed by atoms with E-state index in [0.717, 1.165) is 11.1 Å². The van der Waals surface area contributed by atoms with Crippen LogP contribution in [0.3, 0.4) is 0 Å². The average molecular weight is 373 g/mol. The molecule has 6 heteroatoms. The molecule has 1 N–H and O–H groups in total. The third-order valence-corrected chi connectivity index (χ3v) is 4.64. The van der Waals surface area contributed by atoms with Crippen LogP contribution < -0.4 is 5.32 Å². The van der Waals surface area contributed by atoms with Crippen LogP contribution >= 0.6 is 11.6 Å². The fourth-order valence-electron chi connectivity index (χ4n) is 3.00. The molecule has 0 spiro atoms. The predicted molar refractivity (Wildman–Crippen MR) is 102 cm³/mol. The molecule has 3 rings (SSSR count). The Bertz CT molecular complexity index is 822. The number of anilines is 1. The molecule has 1 aliphatic heterocycles. The summed E-state index contributed by atoms with van der Waals surface area (Å²) in [5.74, 6) is -0.386. The van der Waals surface area contributed by atoms with E-state index in [1.54, 1.807) is 29.2 Å². The van der Waals surface area contributed by atoms with E-state index in [9.17, 15) is 9.59 Å². The Morgan fingerprint density at radius 2 is 1.77 bits per heavy atom. The monoisotopic (exact) mass is 372 g/mol. The molecule has 1 heterocycles. The van der Waals surface area contributed by atoms with Crippen molar-refractivity contribution >= 4 is 29.1 Å². The van der Waals surface area contributed by atoms with Crippen molar-refractivity contribution in [2.45, 2.75) is 13.8 Å². The van der Waals surface area contributed by atoms with Crippen molar-refractivity contribution in [1.29, 1.82) is 0 Å². The minimum atomic E-state index is -0.296. The van der Waals surface area contributed by atoms with Crippen molar-refractivity contribution in [1.82, 2.24) is 4.90 Å². The van der Waals surface area contributed by atoms with E-state index >= 15 is 0 Å². The molecule has 0 saturated carbocycles. The van der Waals surface area contributed by atoms with Crippen LogP contribution in [0, 0.1) is 13.8 Å². The smallest absolute Gasteiger partial charge is 0.255 e. The average Bonchev–Trinajstić information content (AvgIpc) is 2.64. The Morgan fingerprint density at radius 1 is 1.08 bits per heavy atom. The minimum absolute atomic E-state index is 0.0903. The molecule has 1 fully saturated rings. The summed E-state index contributed by atoms with van der Waals surface area (Å²) in [5.41, 5.74) is 3.42. The summed E-state index contributed by atoms with van der Waals surface area (Å²) in [4.78, 5) is 27.0. The lowest BCUT2D eigenvalue weighted by Crippen LogP contribution is -2.40. The van der Waals surface area contributed by atoms with Crippen LogP contribution in [0.25, 0.3) is 0 Å². The molecule has 26 heavy (non-hydrogen) atoms. The van der Waals surface area contributed by atoms with Gasteiger partial charge in [0.15, 0.2) is 0 Å². The SMILES string of the molecule is Cc1cc(C)c(NC(=O)c2cccc(C(=O)N3CCOCC3)c2)c(Cl)c1. The number of amides is 2. The number of nitrogens with one attached hydrogen (secondary N) is 1. The van der Waals surface area contributed by atoms with Gasteiger partial charge in [-0.1, -0.05) is 23.7 Å². The van der Waals surface area contributed by atoms with Crippen molar-refractivity contribution < 1.29 is 14.3 Å². The number of carbonyl (C=O) groups excluding carboxylic acids is 2. The summed E-state index contributed by atoms with van der Waals surface area (Å²) in [6, 6.07) is 10.5. The van der Waals surface area contributed by atoms with Gasteiger partial charge in [0.05, 0.1) is 23.9 Å². The van der Waals surface area contributed by atoms with Gasteiger partial charge in [-0.05, 0) is 49.2 Å². The summed E-state index contributed by atoms with van der Waals surface area (Å²) in [5, 5.41) is 3.35. The van der Waals surface area contributed by atoms with Gasteiger partial charge in [-0.15, -0.1) is 0 Å². The lowest BCUT2D eigenvalue weighted by atomic mass is 10.1. The second-order valence-corrected chi connectivity index (χ2v) is 6.79. The van der Waals surface area contributed by atoms with E-state index in [-0.39, 0.29) is 11.8 Å². The van der Waals surface area contributed by atoms with Crippen molar-refractivity contribution in [3.05, 3.63) is 63.7 Å². The molecule has 2 aromatic rings. The Balaban J connectivity index is 1.79. The summed E-state index contributed by atoms with van der Waals surface area (Å²) >= 11 is 6.26. The Labute approximate surface area is 157 Å². The molecule has 5 nitrogen and oxygen atoms in total. The van der Waals surface area contributed by atoms with Gasteiger partial charge >= 0.3 is 0 Å². The zero-order chi connectivity index (χ0) is 18.7. The molecule has 0 aromatic heterocycles. The fourth-order valence-corrected chi connectivity index (χ4v) is 3.37. The molecular weight excluding hydrogens is 352 g/mol. The molecule has 2 amide bonds. The number of benzene rings is 2. The molecule has 1 saturated heterocycles. The Kier molecular flexibility index (Phi) is 5.59. The van der Waals surface area contributed by atoms with Crippen molar-refractivity contribution in [3.63, 3.8) is 0 Å². The normalized spacial score (nSPS) is 14.2. The van der Waals surface area contributed by atoms with E-state index in [1.165, 1.54) is 0 Å². The van der Waals surface area contributed by atoms with Crippen LogP contribution in [0.1, 0.15) is 31.8 Å². The highest BCUT2D eigenvalue weighted by atomic mass is 35.5. The van der Waals surface area contributed by atoms with Crippen LogP contribution in [-0.4, -0.2) is 43.0 Å². The third-order valence-electron chi connectivity index (χ3n) is 4.34. The first-order valence-corrected chi connectivity index (χ1v) is 8.88. The summed E-state index contributed by atoms with van der Waals surface area (Å²) in [6.07, 6.45) is 0. The molecular formula is C20H21ClN2O3. The number of hydrogen-bond donors (Lipinski definition) is 1. The number of morpholine rings is 1. The maximum Gasteiger partial charge on any atom is 0.255 e. The molecule has 0 aliphatic carbocycles. The number of nitrogens with zero attached hydrogens (tertiary/aromatic N) is 1. The molecule has 0 bridgehead atoms. The zero-order valence-electron chi connectivity index (χ0n) is 14.8. The van der Waals surface area contributed by atoms with Crippen molar-refractivity contribution in [2.24, 2.45) is 0 Å². The number of ether oxygens (including phenoxy) is 1. The van der Waals surface area contributed by atoms with Gasteiger partial charge in [0, 0.05) is 24.2 Å². The van der Waals surface area contributed by atoms with E-state index in [4.69, 9.17) is 16.3 Å². The number of halogens is 1. The first-order valence-electron chi connectivity index (χ1n) is 8.51. The van der Waals surface area contributed by atoms with Gasteiger partial charge in [-0.25, -0.2) is 0 Å². The van der Waals surface area contributed by atoms with E-state index in [2.05, 4.69) is 5.32 Å². The van der Waals surface area contributed by atoms with Gasteiger partial charge in [0.2, 0.25) is 0 Å². The fraction of sp³-hybridized carbons (Fsp3) is 0.300. The second kappa shape index (κ2) is 7.89. The molecule has 2 aromatic carbocycles. The minimum Gasteiger partial charge on any atom is -0.378 e. The predicted octanol–water partition coefficient (Wildman–Crippen LogP) is 3.68. The van der Waals surface area contributed by atoms with E-state index in [0.29, 0.717) is 48.1 Å². The lowest BCUT2D eigenvalue weighted by molar-refractivity contribution is 0.0303. The van der Waals surface area contributed by atoms with Gasteiger partial charge < -0.3 is 15.0 Å². The van der Waals surface area contributed by atoms with Crippen LogP contribution in [0.2, 0.25) is 5.02 Å². The van der Waals surface area contributed by atoms with E-state index < -0.39 is 0 Å². The lowest BCUT2D eigenvalue weighted by Gasteiger charge is -2.27. The van der Waals surface area contributed by atoms with Gasteiger partial charge in [0.25, 0.3) is 11.8 Å². The largest absolute Gasteiger partial charge is 0.378 e. The highest BCUT2D eigenvalue weighted by molar-refractivity contribution is 6.34. The summed E-state index contributed by atoms with van der Waals surface area (Å²) < 4.78 is 5.27. The van der Waals surface area contributed by atoms with Crippen molar-refractivity contribution in [2.75, 3.05) is 31.6 Å². The van der Waals surface area contributed by atoms with Crippen LogP contribution in [0.5, 0.6) is 0 Å². The summed E-state index contributed by atoms with van der Waals surface area (Å²) in [6.45, 7) is 6.05. The molecule has 1 aliphatic rings. The Hall–Kier alpha value is -2.37. The van der Waals surface area contributed by atoms with Gasteiger partial charge in [-0.2, -0.15) is 0 Å². The Morgan fingerprint density at radius 3 is 2.46 bits per heavy atom. The number of carbonyl (C=O) groups is 2. The topological polar surface area (TPSA) is 58.6 Å². The number of rotatable bonds is 3. The van der Waals surface area contributed by atoms with Crippen molar-refractivity contribution in [3.8, 4) is 0 Å². The highest BCUT2D eigenvalue weighted by Gasteiger charge is 2.20. The van der Waals surface area contributed by atoms with Gasteiger partial charge in [-0.3, -0.25) is 9.59 Å². The van der Waals surface area contributed by atoms with Gasteiger partial charge in [0.1, 0.15) is 0 Å². The zero-order valence-corrected chi connectivity index (χ0v) is 15.6. The van der Waals surface area contributed by atoms with Crippen LogP contribution in [0.15, 0.2) is 36.4 Å². The third kappa shape index (κ3) is 4.06. The van der Waals surface area contributed by atoms with Crippen LogP contribution in [0.4, 0.5) is 5.69 Å². The standard InChI is InChI=1S/C20H21ClN2O3/c1-13-10-14(2)18(17(21)11-13)22-19(24)15-4-3-5-16(12-15)20(25)23-6-8-26-9-7-23/h3-5,10-12H,6-9H2,1-2H3,(H,22,24). The maximum atomic E-state index is 12.6. The summed E-state index contributed by atoms with van der Waals surface area (Å²) in [7, 11) is 0. The van der Waals surface area contributed by atoms with E-state index in [1.807, 2.05) is 26.0 Å². The first-order chi connectivity index (χ1) is 12.5. The quantitative estimate of drug-likeness (QED) is 0.894.